The van der Waals surface area contributed by atoms with E-state index in [1.54, 1.807) is 17.9 Å². The molecule has 0 aliphatic carbocycles. The third-order valence-electron chi connectivity index (χ3n) is 5.99. The number of nitrogens with one attached hydrogen (secondary N) is 2. The van der Waals surface area contributed by atoms with Gasteiger partial charge in [0.05, 0.1) is 17.8 Å². The van der Waals surface area contributed by atoms with Crippen LogP contribution in [0.15, 0.2) is 24.4 Å². The Morgan fingerprint density at radius 3 is 2.83 bits per heavy atom. The van der Waals surface area contributed by atoms with E-state index in [0.717, 1.165) is 42.9 Å². The smallest absolute Gasteiger partial charge is 0.318 e. The minimum atomic E-state index is -0.533. The van der Waals surface area contributed by atoms with Crippen LogP contribution in [0, 0.1) is 12.7 Å². The highest BCUT2D eigenvalue weighted by Crippen LogP contribution is 2.37. The van der Waals surface area contributed by atoms with Gasteiger partial charge in [-0.1, -0.05) is 12.1 Å². The van der Waals surface area contributed by atoms with Gasteiger partial charge in [0.1, 0.15) is 5.82 Å². The molecule has 0 unspecified atom stereocenters. The predicted molar refractivity (Wildman–Crippen MR) is 111 cm³/mol. The molecular formula is C22H28FN5O2. The third kappa shape index (κ3) is 4.09. The van der Waals surface area contributed by atoms with Crippen molar-refractivity contribution in [2.45, 2.75) is 58.3 Å². The summed E-state index contributed by atoms with van der Waals surface area (Å²) >= 11 is 0. The van der Waals surface area contributed by atoms with E-state index in [4.69, 9.17) is 4.74 Å². The van der Waals surface area contributed by atoms with Crippen molar-refractivity contribution in [3.05, 3.63) is 52.6 Å². The van der Waals surface area contributed by atoms with Gasteiger partial charge in [-0.2, -0.15) is 0 Å². The molecule has 160 valence electrons. The molecule has 1 saturated heterocycles. The van der Waals surface area contributed by atoms with Gasteiger partial charge in [-0.3, -0.25) is 0 Å². The van der Waals surface area contributed by atoms with E-state index < -0.39 is 5.54 Å². The first kappa shape index (κ1) is 20.5. The van der Waals surface area contributed by atoms with Gasteiger partial charge in [0.25, 0.3) is 0 Å². The maximum Gasteiger partial charge on any atom is 0.318 e. The molecule has 2 N–H and O–H groups in total. The van der Waals surface area contributed by atoms with Crippen molar-refractivity contribution in [2.24, 2.45) is 0 Å². The van der Waals surface area contributed by atoms with E-state index in [2.05, 4.69) is 20.6 Å². The number of ether oxygens (including phenoxy) is 1. The summed E-state index contributed by atoms with van der Waals surface area (Å²) in [7, 11) is 0. The summed E-state index contributed by atoms with van der Waals surface area (Å²) in [6.07, 6.45) is 3.67. The molecule has 0 radical (unpaired) electrons. The topological polar surface area (TPSA) is 79.4 Å². The molecule has 0 atom stereocenters. The van der Waals surface area contributed by atoms with E-state index >= 15 is 0 Å². The molecule has 2 amide bonds. The Morgan fingerprint density at radius 2 is 2.10 bits per heavy atom. The molecule has 8 heteroatoms. The lowest BCUT2D eigenvalue weighted by molar-refractivity contribution is 0.0903. The molecule has 0 spiro atoms. The van der Waals surface area contributed by atoms with Crippen LogP contribution in [0.1, 0.15) is 49.1 Å². The molecular weight excluding hydrogens is 385 g/mol. The number of anilines is 1. The number of rotatable bonds is 4. The number of amides is 2. The number of aromatic nitrogens is 2. The molecule has 1 aromatic heterocycles. The summed E-state index contributed by atoms with van der Waals surface area (Å²) in [6, 6.07) is 5.09. The number of nitrogens with zero attached hydrogens (tertiary/aromatic N) is 3. The molecule has 0 bridgehead atoms. The van der Waals surface area contributed by atoms with Crippen LogP contribution in [0.5, 0.6) is 0 Å². The first-order valence-electron chi connectivity index (χ1n) is 10.4. The van der Waals surface area contributed by atoms with Crippen LogP contribution >= 0.6 is 0 Å². The number of aryl methyl sites for hydroxylation is 1. The van der Waals surface area contributed by atoms with Crippen molar-refractivity contribution < 1.29 is 13.9 Å². The van der Waals surface area contributed by atoms with Crippen molar-refractivity contribution in [1.82, 2.24) is 20.2 Å². The van der Waals surface area contributed by atoms with Crippen LogP contribution in [0.4, 0.5) is 15.1 Å². The second kappa shape index (κ2) is 8.18. The molecule has 0 saturated carbocycles. The first-order valence-corrected chi connectivity index (χ1v) is 10.4. The van der Waals surface area contributed by atoms with E-state index in [1.807, 2.05) is 26.1 Å². The van der Waals surface area contributed by atoms with Crippen molar-refractivity contribution >= 4 is 12.0 Å². The molecule has 30 heavy (non-hydrogen) atoms. The Labute approximate surface area is 176 Å². The highest BCUT2D eigenvalue weighted by molar-refractivity contribution is 5.76. The fourth-order valence-electron chi connectivity index (χ4n) is 3.98. The number of hydrogen-bond acceptors (Lipinski definition) is 5. The molecule has 7 nitrogen and oxygen atoms in total. The van der Waals surface area contributed by atoms with Crippen LogP contribution in [-0.4, -0.2) is 40.2 Å². The summed E-state index contributed by atoms with van der Waals surface area (Å²) in [5.41, 5.74) is 2.57. The summed E-state index contributed by atoms with van der Waals surface area (Å²) in [5, 5.41) is 6.28. The van der Waals surface area contributed by atoms with Crippen molar-refractivity contribution in [3.8, 4) is 0 Å². The van der Waals surface area contributed by atoms with Crippen LogP contribution in [-0.2, 0) is 23.4 Å². The fourth-order valence-corrected chi connectivity index (χ4v) is 3.98. The quantitative estimate of drug-likeness (QED) is 0.802. The minimum absolute atomic E-state index is 0.210. The molecule has 1 fully saturated rings. The van der Waals surface area contributed by atoms with Gasteiger partial charge >= 0.3 is 6.03 Å². The second-order valence-electron chi connectivity index (χ2n) is 8.47. The largest absolute Gasteiger partial charge is 0.381 e. The zero-order chi connectivity index (χ0) is 21.3. The van der Waals surface area contributed by atoms with Gasteiger partial charge in [0.2, 0.25) is 5.95 Å². The summed E-state index contributed by atoms with van der Waals surface area (Å²) < 4.78 is 19.2. The number of urea groups is 1. The maximum absolute atomic E-state index is 13.8. The number of halogens is 1. The predicted octanol–water partition coefficient (Wildman–Crippen LogP) is 3.48. The molecule has 3 heterocycles. The molecule has 2 aliphatic rings. The van der Waals surface area contributed by atoms with E-state index in [-0.39, 0.29) is 18.4 Å². The molecule has 4 rings (SSSR count). The lowest BCUT2D eigenvalue weighted by atomic mass is 9.97. The Morgan fingerprint density at radius 1 is 1.33 bits per heavy atom. The Balaban J connectivity index is 1.43. The van der Waals surface area contributed by atoms with Crippen molar-refractivity contribution in [3.63, 3.8) is 0 Å². The number of fused-ring (bicyclic) bond motifs is 1. The number of benzene rings is 1. The van der Waals surface area contributed by atoms with Crippen molar-refractivity contribution in [2.75, 3.05) is 18.5 Å². The number of carbonyl (C=O) groups excluding carboxylic acids is 1. The lowest BCUT2D eigenvalue weighted by Gasteiger charge is -2.32. The van der Waals surface area contributed by atoms with Gasteiger partial charge in [-0.25, -0.2) is 19.2 Å². The zero-order valence-corrected chi connectivity index (χ0v) is 17.7. The van der Waals surface area contributed by atoms with Crippen LogP contribution in [0.3, 0.4) is 0 Å². The maximum atomic E-state index is 13.8. The normalized spacial score (nSPS) is 18.2. The van der Waals surface area contributed by atoms with Gasteiger partial charge in [0, 0.05) is 37.6 Å². The fraction of sp³-hybridized carbons (Fsp3) is 0.500. The summed E-state index contributed by atoms with van der Waals surface area (Å²) in [6.45, 7) is 7.84. The van der Waals surface area contributed by atoms with E-state index in [1.165, 1.54) is 6.07 Å². The average Bonchev–Trinajstić information content (AvgIpc) is 2.99. The van der Waals surface area contributed by atoms with Gasteiger partial charge in [-0.05, 0) is 50.8 Å². The lowest BCUT2D eigenvalue weighted by Crippen LogP contribution is -2.45. The zero-order valence-electron chi connectivity index (χ0n) is 17.7. The second-order valence-corrected chi connectivity index (χ2v) is 8.47. The van der Waals surface area contributed by atoms with Crippen LogP contribution < -0.4 is 10.6 Å². The minimum Gasteiger partial charge on any atom is -0.381 e. The number of hydrogen-bond donors (Lipinski definition) is 2. The average molecular weight is 413 g/mol. The van der Waals surface area contributed by atoms with Gasteiger partial charge < -0.3 is 20.3 Å². The van der Waals surface area contributed by atoms with Gasteiger partial charge in [-0.15, -0.1) is 0 Å². The summed E-state index contributed by atoms with van der Waals surface area (Å²) in [4.78, 5) is 23.8. The van der Waals surface area contributed by atoms with Crippen LogP contribution in [0.2, 0.25) is 0 Å². The van der Waals surface area contributed by atoms with Gasteiger partial charge in [0.15, 0.2) is 0 Å². The summed E-state index contributed by atoms with van der Waals surface area (Å²) in [5.74, 6) is 0.323. The standard InChI is InChI=1S/C22H28FN5O2/c1-14-4-5-15(10-18(14)23)11-25-21(29)28-13-19-17(22(28,2)3)12-24-20(27-19)26-16-6-8-30-9-7-16/h4-5,10,12,16H,6-9,11,13H2,1-3H3,(H,25,29)(H,24,26,27). The van der Waals surface area contributed by atoms with Crippen molar-refractivity contribution in [1.29, 1.82) is 0 Å². The Hall–Kier alpha value is -2.74. The highest BCUT2D eigenvalue weighted by Gasteiger charge is 2.41. The van der Waals surface area contributed by atoms with E-state index in [9.17, 15) is 9.18 Å². The Kier molecular flexibility index (Phi) is 5.60. The van der Waals surface area contributed by atoms with E-state index in [0.29, 0.717) is 24.1 Å². The monoisotopic (exact) mass is 413 g/mol. The highest BCUT2D eigenvalue weighted by atomic mass is 19.1. The first-order chi connectivity index (χ1) is 14.3. The van der Waals surface area contributed by atoms with Crippen LogP contribution in [0.25, 0.3) is 0 Å². The third-order valence-corrected chi connectivity index (χ3v) is 5.99. The number of carbonyl (C=O) groups is 1. The molecule has 2 aliphatic heterocycles. The SMILES string of the molecule is Cc1ccc(CNC(=O)N2Cc3nc(NC4CCOCC4)ncc3C2(C)C)cc1F. The Bertz CT molecular complexity index is 943. The molecule has 1 aromatic carbocycles. The molecule has 2 aromatic rings.